The summed E-state index contributed by atoms with van der Waals surface area (Å²) in [5, 5.41) is 12.8. The molecule has 0 saturated carbocycles. The van der Waals surface area contributed by atoms with Crippen LogP contribution in [0.15, 0.2) is 110 Å². The number of nitrogens with zero attached hydrogens (tertiary/aromatic N) is 4. The molecule has 11 nitrogen and oxygen atoms in total. The number of methoxy groups -OCH3 is 1. The highest BCUT2D eigenvalue weighted by Gasteiger charge is 2.40. The summed E-state index contributed by atoms with van der Waals surface area (Å²) in [6.45, 7) is 6.93. The smallest absolute Gasteiger partial charge is 0.422 e. The molecular formula is C38H40N4O7. The van der Waals surface area contributed by atoms with Crippen LogP contribution in [0.1, 0.15) is 36.1 Å². The number of furan rings is 1. The number of piperazine rings is 1. The summed E-state index contributed by atoms with van der Waals surface area (Å²) < 4.78 is 30.6. The van der Waals surface area contributed by atoms with Crippen LogP contribution in [0, 0.1) is 0 Å². The minimum atomic E-state index is -1.15. The molecule has 0 radical (unpaired) electrons. The van der Waals surface area contributed by atoms with Gasteiger partial charge in [0, 0.05) is 55.6 Å². The summed E-state index contributed by atoms with van der Waals surface area (Å²) in [7, 11) is 1.58. The lowest BCUT2D eigenvalue weighted by Crippen LogP contribution is -2.46. The number of benzene rings is 3. The van der Waals surface area contributed by atoms with Crippen LogP contribution in [-0.4, -0.2) is 59.4 Å². The summed E-state index contributed by atoms with van der Waals surface area (Å²) in [5.74, 6) is 1.16. The third-order valence-corrected chi connectivity index (χ3v) is 9.33. The number of aromatic hydroxyl groups is 1. The lowest BCUT2D eigenvalue weighted by atomic mass is 9.95. The number of aryl methyl sites for hydroxylation is 2. The van der Waals surface area contributed by atoms with E-state index in [4.69, 9.17) is 22.7 Å². The summed E-state index contributed by atoms with van der Waals surface area (Å²) >= 11 is 0. The Labute approximate surface area is 283 Å². The summed E-state index contributed by atoms with van der Waals surface area (Å²) in [6.07, 6.45) is 6.12. The number of aromatic nitrogens is 2. The van der Waals surface area contributed by atoms with Gasteiger partial charge in [0.25, 0.3) is 0 Å². The van der Waals surface area contributed by atoms with Crippen LogP contribution in [0.5, 0.6) is 17.4 Å². The quantitative estimate of drug-likeness (QED) is 0.152. The molecule has 1 aliphatic heterocycles. The van der Waals surface area contributed by atoms with Crippen molar-refractivity contribution in [2.75, 3.05) is 44.7 Å². The van der Waals surface area contributed by atoms with E-state index in [0.29, 0.717) is 42.3 Å². The van der Waals surface area contributed by atoms with Crippen LogP contribution in [0.4, 0.5) is 5.69 Å². The van der Waals surface area contributed by atoms with Crippen molar-refractivity contribution >= 4 is 16.5 Å². The SMILES string of the molecule is COc1ccc(CCc2oc(=O)n(CCCN3CCN(c4ccccc4)CC3)c2O)cc1OC(C)(c1cocn1)c1occ2ccccc12. The van der Waals surface area contributed by atoms with E-state index in [0.717, 1.165) is 55.5 Å². The van der Waals surface area contributed by atoms with Crippen LogP contribution in [0.2, 0.25) is 0 Å². The molecule has 3 aromatic carbocycles. The van der Waals surface area contributed by atoms with Gasteiger partial charge < -0.3 is 32.7 Å². The molecule has 1 saturated heterocycles. The van der Waals surface area contributed by atoms with E-state index in [-0.39, 0.29) is 11.6 Å². The second-order valence-electron chi connectivity index (χ2n) is 12.4. The normalized spacial score (nSPS) is 15.0. The first-order chi connectivity index (χ1) is 23.9. The molecule has 1 atom stereocenters. The Kier molecular flexibility index (Phi) is 9.17. The molecule has 1 unspecified atom stereocenters. The first-order valence-corrected chi connectivity index (χ1v) is 16.6. The third-order valence-electron chi connectivity index (χ3n) is 9.33. The zero-order chi connectivity index (χ0) is 33.8. The molecule has 3 aromatic heterocycles. The fourth-order valence-electron chi connectivity index (χ4n) is 6.58. The van der Waals surface area contributed by atoms with Crippen molar-refractivity contribution in [3.8, 4) is 17.4 Å². The molecule has 0 aliphatic carbocycles. The van der Waals surface area contributed by atoms with Gasteiger partial charge >= 0.3 is 5.76 Å². The van der Waals surface area contributed by atoms with Gasteiger partial charge in [-0.2, -0.15) is 0 Å². The van der Waals surface area contributed by atoms with Gasteiger partial charge in [-0.1, -0.05) is 48.5 Å². The Morgan fingerprint density at radius 2 is 1.71 bits per heavy atom. The first kappa shape index (κ1) is 32.1. The second-order valence-corrected chi connectivity index (χ2v) is 12.4. The standard InChI is InChI=1S/C38H40N4O7/c1-38(34-25-46-26-39-34,35-30-12-7-6-9-28(30)24-47-35)49-33-23-27(13-15-31(33)45-2)14-16-32-36(43)42(37(44)48-32)18-8-17-40-19-21-41(22-20-40)29-10-4-3-5-11-29/h3-7,9-13,15,23-26,43H,8,14,16-22H2,1-2H3. The maximum absolute atomic E-state index is 12.7. The van der Waals surface area contributed by atoms with Crippen LogP contribution in [0.3, 0.4) is 0 Å². The molecule has 0 bridgehead atoms. The van der Waals surface area contributed by atoms with Gasteiger partial charge in [-0.15, -0.1) is 0 Å². The van der Waals surface area contributed by atoms with E-state index in [2.05, 4.69) is 39.0 Å². The lowest BCUT2D eigenvalue weighted by Gasteiger charge is -2.36. The number of hydrogen-bond donors (Lipinski definition) is 1. The number of hydrogen-bond acceptors (Lipinski definition) is 10. The van der Waals surface area contributed by atoms with Crippen molar-refractivity contribution in [3.05, 3.63) is 125 Å². The predicted octanol–water partition coefficient (Wildman–Crippen LogP) is 6.23. The van der Waals surface area contributed by atoms with Crippen LogP contribution in [-0.2, 0) is 25.0 Å². The van der Waals surface area contributed by atoms with Crippen LogP contribution < -0.4 is 20.1 Å². The monoisotopic (exact) mass is 664 g/mol. The molecule has 11 heteroatoms. The molecule has 254 valence electrons. The summed E-state index contributed by atoms with van der Waals surface area (Å²) in [4.78, 5) is 21.9. The van der Waals surface area contributed by atoms with Gasteiger partial charge in [0.2, 0.25) is 11.5 Å². The van der Waals surface area contributed by atoms with E-state index in [1.807, 2.05) is 55.5 Å². The van der Waals surface area contributed by atoms with Gasteiger partial charge in [-0.3, -0.25) is 4.90 Å². The molecule has 4 heterocycles. The maximum Gasteiger partial charge on any atom is 0.422 e. The molecule has 1 aliphatic rings. The van der Waals surface area contributed by atoms with E-state index in [1.54, 1.807) is 13.4 Å². The molecular weight excluding hydrogens is 624 g/mol. The number of ether oxygens (including phenoxy) is 2. The summed E-state index contributed by atoms with van der Waals surface area (Å²) in [5.41, 5.74) is 1.52. The van der Waals surface area contributed by atoms with Gasteiger partial charge in [0.1, 0.15) is 12.0 Å². The largest absolute Gasteiger partial charge is 0.493 e. The highest BCUT2D eigenvalue weighted by Crippen LogP contribution is 2.42. The number of oxazole rings is 2. The Balaban J connectivity index is 1.01. The first-order valence-electron chi connectivity index (χ1n) is 16.6. The van der Waals surface area contributed by atoms with Gasteiger partial charge in [-0.05, 0) is 56.1 Å². The van der Waals surface area contributed by atoms with E-state index in [9.17, 15) is 9.90 Å². The zero-order valence-corrected chi connectivity index (χ0v) is 27.7. The maximum atomic E-state index is 12.7. The third kappa shape index (κ3) is 6.66. The van der Waals surface area contributed by atoms with Crippen molar-refractivity contribution in [2.45, 2.75) is 38.3 Å². The highest BCUT2D eigenvalue weighted by atomic mass is 16.5. The Morgan fingerprint density at radius 1 is 0.918 bits per heavy atom. The molecule has 49 heavy (non-hydrogen) atoms. The highest BCUT2D eigenvalue weighted by molar-refractivity contribution is 5.85. The Morgan fingerprint density at radius 3 is 2.49 bits per heavy atom. The van der Waals surface area contributed by atoms with Gasteiger partial charge in [0.15, 0.2) is 29.4 Å². The average Bonchev–Trinajstić information content (AvgIpc) is 3.89. The number of para-hydroxylation sites is 1. The lowest BCUT2D eigenvalue weighted by molar-refractivity contribution is 0.0980. The summed E-state index contributed by atoms with van der Waals surface area (Å²) in [6, 6.07) is 23.9. The van der Waals surface area contributed by atoms with Crippen molar-refractivity contribution in [3.63, 3.8) is 0 Å². The molecule has 7 rings (SSSR count). The minimum Gasteiger partial charge on any atom is -0.493 e. The van der Waals surface area contributed by atoms with Crippen molar-refractivity contribution in [1.29, 1.82) is 0 Å². The van der Waals surface area contributed by atoms with Crippen LogP contribution >= 0.6 is 0 Å². The molecule has 1 fully saturated rings. The Bertz CT molecular complexity index is 2040. The number of rotatable bonds is 13. The van der Waals surface area contributed by atoms with Gasteiger partial charge in [0.05, 0.1) is 13.4 Å². The second kappa shape index (κ2) is 14.0. The fourth-order valence-corrected chi connectivity index (χ4v) is 6.58. The van der Waals surface area contributed by atoms with Crippen molar-refractivity contribution in [2.24, 2.45) is 0 Å². The fraction of sp³-hybridized carbons (Fsp3) is 0.316. The van der Waals surface area contributed by atoms with E-state index >= 15 is 0 Å². The predicted molar refractivity (Wildman–Crippen MR) is 185 cm³/mol. The number of anilines is 1. The van der Waals surface area contributed by atoms with E-state index in [1.165, 1.54) is 22.9 Å². The van der Waals surface area contributed by atoms with Crippen molar-refractivity contribution < 1.29 is 27.8 Å². The van der Waals surface area contributed by atoms with Crippen LogP contribution in [0.25, 0.3) is 10.8 Å². The molecule has 0 spiro atoms. The Hall–Kier alpha value is -5.42. The molecule has 6 aromatic rings. The molecule has 1 N–H and O–H groups in total. The zero-order valence-electron chi connectivity index (χ0n) is 27.7. The molecule has 0 amide bonds. The number of fused-ring (bicyclic) bond motifs is 1. The van der Waals surface area contributed by atoms with Crippen molar-refractivity contribution in [1.82, 2.24) is 14.5 Å². The average molecular weight is 665 g/mol. The van der Waals surface area contributed by atoms with E-state index < -0.39 is 11.4 Å². The van der Waals surface area contributed by atoms with Gasteiger partial charge in [-0.25, -0.2) is 14.3 Å². The topological polar surface area (TPSA) is 119 Å². The minimum absolute atomic E-state index is 0.118.